The van der Waals surface area contributed by atoms with E-state index < -0.39 is 24.0 Å². The van der Waals surface area contributed by atoms with Crippen molar-refractivity contribution in [1.29, 1.82) is 0 Å². The highest BCUT2D eigenvalue weighted by molar-refractivity contribution is 6.02. The summed E-state index contributed by atoms with van der Waals surface area (Å²) >= 11 is 0. The number of Topliss-reactive ketones (excluding diaryl/α,β-unsaturated/α-hetero) is 1. The van der Waals surface area contributed by atoms with Crippen LogP contribution in [0.5, 0.6) is 5.75 Å². The molecule has 40 heavy (non-hydrogen) atoms. The molecule has 0 saturated heterocycles. The number of amides is 2. The van der Waals surface area contributed by atoms with Gasteiger partial charge >= 0.3 is 0 Å². The second-order valence-electron chi connectivity index (χ2n) is 10.5. The van der Waals surface area contributed by atoms with Gasteiger partial charge in [-0.25, -0.2) is 4.98 Å². The number of carbonyl (C=O) groups is 3. The lowest BCUT2D eigenvalue weighted by molar-refractivity contribution is -0.143. The monoisotopic (exact) mass is 539 g/mol. The Morgan fingerprint density at radius 2 is 1.73 bits per heavy atom. The van der Waals surface area contributed by atoms with Crippen molar-refractivity contribution >= 4 is 28.6 Å². The Balaban J connectivity index is 1.36. The molecule has 0 fully saturated rings. The van der Waals surface area contributed by atoms with Gasteiger partial charge in [-0.3, -0.25) is 14.4 Å². The number of nitrogens with one attached hydrogen (secondary N) is 2. The number of nitrogens with two attached hydrogens (primary N) is 1. The van der Waals surface area contributed by atoms with Gasteiger partial charge in [-0.2, -0.15) is 0 Å². The van der Waals surface area contributed by atoms with Crippen LogP contribution >= 0.6 is 0 Å². The number of phenolic OH excluding ortho intramolecular Hbond substituents is 1. The molecule has 2 amide bonds. The molecule has 3 aromatic carbocycles. The largest absolute Gasteiger partial charge is 0.508 e. The van der Waals surface area contributed by atoms with Crippen molar-refractivity contribution in [1.82, 2.24) is 20.2 Å². The highest BCUT2D eigenvalue weighted by Gasteiger charge is 2.37. The van der Waals surface area contributed by atoms with Crippen molar-refractivity contribution in [2.45, 2.75) is 58.3 Å². The fourth-order valence-corrected chi connectivity index (χ4v) is 5.45. The lowest BCUT2D eigenvalue weighted by Crippen LogP contribution is -2.58. The first kappa shape index (κ1) is 27.1. The van der Waals surface area contributed by atoms with Crippen LogP contribution in [0.2, 0.25) is 0 Å². The van der Waals surface area contributed by atoms with E-state index in [9.17, 15) is 19.5 Å². The van der Waals surface area contributed by atoms with Gasteiger partial charge in [0.25, 0.3) is 0 Å². The topological polar surface area (TPSA) is 141 Å². The number of hydrogen-bond donors (Lipinski definition) is 4. The van der Waals surface area contributed by atoms with E-state index >= 15 is 0 Å². The number of nitrogens with zero attached hydrogens (tertiary/aromatic N) is 2. The molecule has 0 saturated carbocycles. The summed E-state index contributed by atoms with van der Waals surface area (Å²) in [7, 11) is 0. The number of aromatic nitrogens is 2. The Labute approximate surface area is 232 Å². The smallest absolute Gasteiger partial charge is 0.243 e. The highest BCUT2D eigenvalue weighted by atomic mass is 16.3. The summed E-state index contributed by atoms with van der Waals surface area (Å²) in [4.78, 5) is 49.4. The van der Waals surface area contributed by atoms with Crippen LogP contribution in [0.1, 0.15) is 45.4 Å². The standard InChI is InChI=1S/C31H33N5O4/c1-17-12-22(37)13-18(2)23(17)15-24(32)31(40)36-16-21-9-5-4-8-20(21)14-27(36)30(39)33-19(3)28(38)29-34-25-10-6-7-11-26(25)35-29/h4-13,19,24,27,37H,14-16,32H2,1-3H3,(H,33,39)(H,34,35)/t19-,24-,27-/m0/s1. The van der Waals surface area contributed by atoms with E-state index in [0.29, 0.717) is 11.9 Å². The van der Waals surface area contributed by atoms with Crippen molar-refractivity contribution in [3.05, 3.63) is 94.3 Å². The van der Waals surface area contributed by atoms with Gasteiger partial charge in [0.05, 0.1) is 23.1 Å². The number of hydrogen-bond acceptors (Lipinski definition) is 6. The van der Waals surface area contributed by atoms with Crippen molar-refractivity contribution in [2.24, 2.45) is 5.73 Å². The Morgan fingerprint density at radius 1 is 1.07 bits per heavy atom. The average molecular weight is 540 g/mol. The summed E-state index contributed by atoms with van der Waals surface area (Å²) in [6, 6.07) is 15.7. The number of aromatic amines is 1. The van der Waals surface area contributed by atoms with Gasteiger partial charge in [0, 0.05) is 13.0 Å². The normalized spacial score (nSPS) is 16.3. The quantitative estimate of drug-likeness (QED) is 0.266. The number of phenols is 1. The summed E-state index contributed by atoms with van der Waals surface area (Å²) < 4.78 is 0. The minimum Gasteiger partial charge on any atom is -0.508 e. The molecule has 1 aliphatic rings. The molecule has 0 spiro atoms. The van der Waals surface area contributed by atoms with Crippen molar-refractivity contribution in [2.75, 3.05) is 0 Å². The van der Waals surface area contributed by atoms with Crippen LogP contribution < -0.4 is 11.1 Å². The number of imidazole rings is 1. The van der Waals surface area contributed by atoms with Gasteiger partial charge in [-0.1, -0.05) is 36.4 Å². The maximum absolute atomic E-state index is 13.7. The summed E-state index contributed by atoms with van der Waals surface area (Å²) in [6.45, 7) is 5.58. The molecule has 206 valence electrons. The van der Waals surface area contributed by atoms with Gasteiger partial charge in [-0.15, -0.1) is 0 Å². The fourth-order valence-electron chi connectivity index (χ4n) is 5.45. The third kappa shape index (κ3) is 5.33. The first-order valence-corrected chi connectivity index (χ1v) is 13.3. The number of aromatic hydroxyl groups is 1. The maximum atomic E-state index is 13.7. The highest BCUT2D eigenvalue weighted by Crippen LogP contribution is 2.26. The van der Waals surface area contributed by atoms with Crippen LogP contribution in [0.4, 0.5) is 0 Å². The van der Waals surface area contributed by atoms with E-state index in [4.69, 9.17) is 5.73 Å². The zero-order valence-electron chi connectivity index (χ0n) is 22.8. The average Bonchev–Trinajstić information content (AvgIpc) is 3.37. The molecule has 9 nitrogen and oxygen atoms in total. The minimum absolute atomic E-state index is 0.161. The summed E-state index contributed by atoms with van der Waals surface area (Å²) in [5.74, 6) is -0.803. The van der Waals surface area contributed by atoms with Crippen LogP contribution in [0, 0.1) is 13.8 Å². The molecule has 4 aromatic rings. The van der Waals surface area contributed by atoms with E-state index in [0.717, 1.165) is 33.3 Å². The lowest BCUT2D eigenvalue weighted by Gasteiger charge is -2.38. The Hall–Kier alpha value is -4.50. The number of ketones is 1. The molecular weight excluding hydrogens is 506 g/mol. The molecule has 0 radical (unpaired) electrons. The second kappa shape index (κ2) is 10.9. The lowest BCUT2D eigenvalue weighted by atomic mass is 9.91. The number of fused-ring (bicyclic) bond motifs is 2. The molecule has 1 aromatic heterocycles. The molecule has 0 unspecified atom stereocenters. The van der Waals surface area contributed by atoms with E-state index in [2.05, 4.69) is 15.3 Å². The number of para-hydroxylation sites is 2. The summed E-state index contributed by atoms with van der Waals surface area (Å²) in [5, 5.41) is 12.7. The van der Waals surface area contributed by atoms with Gasteiger partial charge < -0.3 is 26.0 Å². The molecule has 5 N–H and O–H groups in total. The van der Waals surface area contributed by atoms with E-state index in [1.165, 1.54) is 4.90 Å². The Bertz CT molecular complexity index is 1550. The minimum atomic E-state index is -0.892. The van der Waals surface area contributed by atoms with Crippen LogP contribution in [0.15, 0.2) is 60.7 Å². The van der Waals surface area contributed by atoms with Crippen LogP contribution in [0.3, 0.4) is 0 Å². The molecule has 2 heterocycles. The van der Waals surface area contributed by atoms with Gasteiger partial charge in [0.1, 0.15) is 11.8 Å². The van der Waals surface area contributed by atoms with Crippen LogP contribution in [-0.2, 0) is 29.0 Å². The first-order chi connectivity index (χ1) is 19.1. The molecule has 0 aliphatic carbocycles. The van der Waals surface area contributed by atoms with Gasteiger partial charge in [-0.05, 0) is 79.3 Å². The maximum Gasteiger partial charge on any atom is 0.243 e. The van der Waals surface area contributed by atoms with Gasteiger partial charge in [0.2, 0.25) is 17.6 Å². The number of H-pyrrole nitrogens is 1. The molecule has 1 aliphatic heterocycles. The second-order valence-corrected chi connectivity index (χ2v) is 10.5. The van der Waals surface area contributed by atoms with Crippen molar-refractivity contribution < 1.29 is 19.5 Å². The molecule has 5 rings (SSSR count). The fraction of sp³-hybridized carbons (Fsp3) is 0.290. The summed E-state index contributed by atoms with van der Waals surface area (Å²) in [6.07, 6.45) is 0.577. The van der Waals surface area contributed by atoms with Crippen LogP contribution in [0.25, 0.3) is 11.0 Å². The van der Waals surface area contributed by atoms with Crippen molar-refractivity contribution in [3.8, 4) is 5.75 Å². The molecule has 9 heteroatoms. The predicted octanol–water partition coefficient (Wildman–Crippen LogP) is 3.10. The number of benzene rings is 3. The Morgan fingerprint density at radius 3 is 2.42 bits per heavy atom. The SMILES string of the molecule is Cc1cc(O)cc(C)c1C[C@H](N)C(=O)N1Cc2ccccc2C[C@H]1C(=O)N[C@@H](C)C(=O)c1nc2ccccc2[nH]1. The number of rotatable bonds is 7. The van der Waals surface area contributed by atoms with Crippen LogP contribution in [-0.4, -0.2) is 55.7 Å². The zero-order valence-corrected chi connectivity index (χ0v) is 22.8. The Kier molecular flexibility index (Phi) is 7.40. The number of carbonyl (C=O) groups excluding carboxylic acids is 3. The first-order valence-electron chi connectivity index (χ1n) is 13.3. The molecule has 0 bridgehead atoms. The summed E-state index contributed by atoms with van der Waals surface area (Å²) in [5.41, 5.74) is 12.4. The number of aryl methyl sites for hydroxylation is 2. The zero-order chi connectivity index (χ0) is 28.6. The molecule has 3 atom stereocenters. The third-order valence-corrected chi connectivity index (χ3v) is 7.63. The van der Waals surface area contributed by atoms with Gasteiger partial charge in [0.15, 0.2) is 5.82 Å². The molecular formula is C31H33N5O4. The van der Waals surface area contributed by atoms with E-state index in [1.54, 1.807) is 25.1 Å². The third-order valence-electron chi connectivity index (χ3n) is 7.63. The van der Waals surface area contributed by atoms with E-state index in [1.807, 2.05) is 56.3 Å². The predicted molar refractivity (Wildman–Crippen MR) is 152 cm³/mol. The van der Waals surface area contributed by atoms with Crippen molar-refractivity contribution in [3.63, 3.8) is 0 Å². The van der Waals surface area contributed by atoms with E-state index in [-0.39, 0.29) is 36.2 Å².